The Morgan fingerprint density at radius 2 is 2.02 bits per heavy atom. The maximum atomic E-state index is 13.4. The van der Waals surface area contributed by atoms with Gasteiger partial charge in [-0.15, -0.1) is 5.10 Å². The van der Waals surface area contributed by atoms with Gasteiger partial charge < -0.3 is 30.3 Å². The van der Waals surface area contributed by atoms with Gasteiger partial charge in [0, 0.05) is 36.8 Å². The number of carbonyl (C=O) groups excluding carboxylic acids is 3. The van der Waals surface area contributed by atoms with Gasteiger partial charge in [-0.1, -0.05) is 26.2 Å². The highest BCUT2D eigenvalue weighted by Crippen LogP contribution is 2.29. The van der Waals surface area contributed by atoms with Crippen molar-refractivity contribution in [2.75, 3.05) is 32.1 Å². The van der Waals surface area contributed by atoms with Crippen molar-refractivity contribution in [3.63, 3.8) is 0 Å². The molecule has 1 fully saturated rings. The van der Waals surface area contributed by atoms with E-state index in [4.69, 9.17) is 4.74 Å². The molecular weight excluding hydrogens is 516 g/mol. The number of benzene rings is 1. The van der Waals surface area contributed by atoms with Crippen LogP contribution < -0.4 is 15.4 Å². The van der Waals surface area contributed by atoms with Gasteiger partial charge in [-0.25, -0.2) is 9.48 Å². The number of carbonyl (C=O) groups is 3. The number of fused-ring (bicyclic) bond motifs is 1. The number of aromatic nitrogens is 4. The second-order valence-electron chi connectivity index (χ2n) is 10.9. The monoisotopic (exact) mass is 556 g/mol. The largest absolute Gasteiger partial charge is 0.488 e. The second kappa shape index (κ2) is 13.6. The van der Waals surface area contributed by atoms with Crippen LogP contribution in [0.25, 0.3) is 0 Å². The summed E-state index contributed by atoms with van der Waals surface area (Å²) in [7, 11) is 1.75. The number of nitrogens with zero attached hydrogens (tertiary/aromatic N) is 6. The molecule has 2 heterocycles. The van der Waals surface area contributed by atoms with E-state index in [2.05, 4.69) is 26.2 Å². The summed E-state index contributed by atoms with van der Waals surface area (Å²) in [5, 5.41) is 26.6. The van der Waals surface area contributed by atoms with Gasteiger partial charge in [0.15, 0.2) is 0 Å². The minimum absolute atomic E-state index is 0.0355. The quantitative estimate of drug-likeness (QED) is 0.441. The van der Waals surface area contributed by atoms with Gasteiger partial charge in [-0.3, -0.25) is 9.59 Å². The zero-order chi connectivity index (χ0) is 28.6. The molecule has 0 saturated heterocycles. The maximum absolute atomic E-state index is 13.4. The Labute approximate surface area is 234 Å². The maximum Gasteiger partial charge on any atom is 0.317 e. The molecule has 3 atom stereocenters. The molecule has 1 aromatic carbocycles. The fourth-order valence-corrected chi connectivity index (χ4v) is 5.21. The molecule has 0 radical (unpaired) electrons. The summed E-state index contributed by atoms with van der Waals surface area (Å²) < 4.78 is 7.80. The van der Waals surface area contributed by atoms with E-state index in [1.807, 2.05) is 6.92 Å². The van der Waals surface area contributed by atoms with Crippen molar-refractivity contribution >= 4 is 23.5 Å². The Kier molecular flexibility index (Phi) is 9.91. The zero-order valence-electron chi connectivity index (χ0n) is 23.5. The van der Waals surface area contributed by atoms with Gasteiger partial charge in [0.05, 0.1) is 25.6 Å². The molecular formula is C27H40N8O5. The van der Waals surface area contributed by atoms with E-state index in [9.17, 15) is 19.5 Å². The SMILES string of the molecule is C[C@@H]1CN([C@H](C)CO)C(=O)Cc2cc(NC(=O)Cn3cnnn3)ccc2O[C@@H]1CN(C)C(=O)NC1CCCCC1. The average molecular weight is 557 g/mol. The molecule has 2 aliphatic rings. The molecule has 1 aliphatic carbocycles. The first-order valence-corrected chi connectivity index (χ1v) is 14.0. The van der Waals surface area contributed by atoms with Crippen molar-refractivity contribution in [3.05, 3.63) is 30.1 Å². The molecule has 3 N–H and O–H groups in total. The minimum atomic E-state index is -0.416. The number of hydrogen-bond acceptors (Lipinski definition) is 8. The standard InChI is InChI=1S/C27H40N8O5/c1-18-13-35(19(2)16-36)26(38)12-20-11-22(29-25(37)15-34-17-28-31-32-34)9-10-23(20)40-24(18)14-33(3)27(39)30-21-7-5-4-6-8-21/h9-11,17-19,21,24,36H,4-8,12-16H2,1-3H3,(H,29,37)(H,30,39)/t18-,19-,24-/m1/s1. The third-order valence-electron chi connectivity index (χ3n) is 7.63. The number of urea groups is 1. The second-order valence-corrected chi connectivity index (χ2v) is 10.9. The molecule has 0 unspecified atom stereocenters. The first-order valence-electron chi connectivity index (χ1n) is 14.0. The highest BCUT2D eigenvalue weighted by molar-refractivity contribution is 5.91. The number of nitrogens with one attached hydrogen (secondary N) is 2. The Balaban J connectivity index is 1.53. The van der Waals surface area contributed by atoms with Gasteiger partial charge in [-0.2, -0.15) is 0 Å². The molecule has 218 valence electrons. The third kappa shape index (κ3) is 7.68. The number of aliphatic hydroxyl groups excluding tert-OH is 1. The molecule has 0 bridgehead atoms. The van der Waals surface area contributed by atoms with Gasteiger partial charge in [0.25, 0.3) is 0 Å². The van der Waals surface area contributed by atoms with Crippen LogP contribution in [0.5, 0.6) is 5.75 Å². The number of ether oxygens (including phenoxy) is 1. The minimum Gasteiger partial charge on any atom is -0.488 e. The highest BCUT2D eigenvalue weighted by atomic mass is 16.5. The molecule has 40 heavy (non-hydrogen) atoms. The van der Waals surface area contributed by atoms with Crippen molar-refractivity contribution in [1.29, 1.82) is 0 Å². The number of aliphatic hydroxyl groups is 1. The van der Waals surface area contributed by atoms with E-state index in [0.717, 1.165) is 25.7 Å². The Morgan fingerprint density at radius 3 is 2.73 bits per heavy atom. The summed E-state index contributed by atoms with van der Waals surface area (Å²) in [6.07, 6.45) is 6.42. The predicted molar refractivity (Wildman–Crippen MR) is 146 cm³/mol. The van der Waals surface area contributed by atoms with E-state index < -0.39 is 6.10 Å². The van der Waals surface area contributed by atoms with Gasteiger partial charge >= 0.3 is 6.03 Å². The topological polar surface area (TPSA) is 155 Å². The van der Waals surface area contributed by atoms with Crippen LogP contribution in [0.1, 0.15) is 51.5 Å². The van der Waals surface area contributed by atoms with E-state index >= 15 is 0 Å². The fourth-order valence-electron chi connectivity index (χ4n) is 5.21. The first kappa shape index (κ1) is 29.2. The highest BCUT2D eigenvalue weighted by Gasteiger charge is 2.32. The van der Waals surface area contributed by atoms with Crippen LogP contribution >= 0.6 is 0 Å². The molecule has 13 heteroatoms. The Morgan fingerprint density at radius 1 is 1.25 bits per heavy atom. The number of likely N-dealkylation sites (N-methyl/N-ethyl adjacent to an activating group) is 1. The zero-order valence-corrected chi connectivity index (χ0v) is 23.5. The lowest BCUT2D eigenvalue weighted by atomic mass is 9.96. The number of hydrogen-bond donors (Lipinski definition) is 3. The van der Waals surface area contributed by atoms with Crippen molar-refractivity contribution in [3.8, 4) is 5.75 Å². The molecule has 2 aromatic rings. The van der Waals surface area contributed by atoms with Crippen LogP contribution in [0.4, 0.5) is 10.5 Å². The van der Waals surface area contributed by atoms with E-state index in [-0.39, 0.29) is 55.4 Å². The summed E-state index contributed by atoms with van der Waals surface area (Å²) >= 11 is 0. The number of amides is 4. The molecule has 1 saturated carbocycles. The van der Waals surface area contributed by atoms with E-state index in [1.165, 1.54) is 17.4 Å². The lowest BCUT2D eigenvalue weighted by Crippen LogP contribution is -2.50. The van der Waals surface area contributed by atoms with Crippen molar-refractivity contribution in [2.24, 2.45) is 5.92 Å². The number of rotatable bonds is 8. The molecule has 4 amide bonds. The fraction of sp³-hybridized carbons (Fsp3) is 0.630. The molecule has 1 aromatic heterocycles. The van der Waals surface area contributed by atoms with E-state index in [1.54, 1.807) is 42.0 Å². The Bertz CT molecular complexity index is 1150. The molecule has 13 nitrogen and oxygen atoms in total. The average Bonchev–Trinajstić information content (AvgIpc) is 3.45. The summed E-state index contributed by atoms with van der Waals surface area (Å²) in [4.78, 5) is 42.2. The smallest absolute Gasteiger partial charge is 0.317 e. The summed E-state index contributed by atoms with van der Waals surface area (Å²) in [5.74, 6) is -0.0950. The third-order valence-corrected chi connectivity index (χ3v) is 7.63. The number of anilines is 1. The van der Waals surface area contributed by atoms with Crippen LogP contribution in [0.3, 0.4) is 0 Å². The summed E-state index contributed by atoms with van der Waals surface area (Å²) in [6.45, 7) is 4.25. The van der Waals surface area contributed by atoms with Crippen molar-refractivity contribution in [1.82, 2.24) is 35.3 Å². The van der Waals surface area contributed by atoms with Crippen LogP contribution in [-0.2, 0) is 22.6 Å². The predicted octanol–water partition coefficient (Wildman–Crippen LogP) is 1.43. The van der Waals surface area contributed by atoms with Gasteiger partial charge in [0.1, 0.15) is 24.7 Å². The van der Waals surface area contributed by atoms with Gasteiger partial charge in [0.2, 0.25) is 11.8 Å². The molecule has 0 spiro atoms. The van der Waals surface area contributed by atoms with Gasteiger partial charge in [-0.05, 0) is 48.4 Å². The summed E-state index contributed by atoms with van der Waals surface area (Å²) in [6, 6.07) is 4.84. The Hall–Kier alpha value is -3.74. The van der Waals surface area contributed by atoms with E-state index in [0.29, 0.717) is 30.1 Å². The molecule has 4 rings (SSSR count). The summed E-state index contributed by atoms with van der Waals surface area (Å²) in [5.41, 5.74) is 1.11. The van der Waals surface area contributed by atoms with Crippen LogP contribution in [-0.4, -0.2) is 97.9 Å². The number of tetrazole rings is 1. The van der Waals surface area contributed by atoms with Crippen molar-refractivity contribution in [2.45, 2.75) is 77.1 Å². The van der Waals surface area contributed by atoms with Crippen molar-refractivity contribution < 1.29 is 24.2 Å². The first-order chi connectivity index (χ1) is 19.2. The normalized spacial score (nSPS) is 20.8. The lowest BCUT2D eigenvalue weighted by molar-refractivity contribution is -0.134. The lowest BCUT2D eigenvalue weighted by Gasteiger charge is -2.34. The van der Waals surface area contributed by atoms with Crippen LogP contribution in [0, 0.1) is 5.92 Å². The van der Waals surface area contributed by atoms with Crippen LogP contribution in [0.15, 0.2) is 24.5 Å². The van der Waals surface area contributed by atoms with Crippen LogP contribution in [0.2, 0.25) is 0 Å². The molecule has 1 aliphatic heterocycles.